The summed E-state index contributed by atoms with van der Waals surface area (Å²) in [6, 6.07) is 3.23. The number of halogens is 2. The molecular weight excluding hydrogens is 432 g/mol. The van der Waals surface area contributed by atoms with Crippen LogP contribution in [0, 0.1) is 0 Å². The largest absolute Gasteiger partial charge is 0.444 e. The Hall–Kier alpha value is -2.75. The predicted molar refractivity (Wildman–Crippen MR) is 122 cm³/mol. The highest BCUT2D eigenvalue weighted by Crippen LogP contribution is 2.30. The summed E-state index contributed by atoms with van der Waals surface area (Å²) in [7, 11) is 0. The number of carbonyl (C=O) groups excluding carboxylic acids is 1. The van der Waals surface area contributed by atoms with Crippen molar-refractivity contribution in [1.29, 1.82) is 0 Å². The molecule has 4 rings (SSSR count). The molecule has 0 saturated carbocycles. The van der Waals surface area contributed by atoms with Crippen molar-refractivity contribution in [1.82, 2.24) is 14.9 Å². The van der Waals surface area contributed by atoms with Gasteiger partial charge in [-0.25, -0.2) is 23.5 Å². The number of hydrogen-bond acceptors (Lipinski definition) is 7. The van der Waals surface area contributed by atoms with Gasteiger partial charge in [-0.15, -0.1) is 0 Å². The summed E-state index contributed by atoms with van der Waals surface area (Å²) < 4.78 is 37.7. The number of fused-ring (bicyclic) bond motifs is 1. The molecular formula is C23H31F2N5O3. The van der Waals surface area contributed by atoms with Crippen LogP contribution in [-0.2, 0) is 9.47 Å². The molecule has 0 spiro atoms. The summed E-state index contributed by atoms with van der Waals surface area (Å²) in [6.45, 7) is 7.84. The van der Waals surface area contributed by atoms with Crippen molar-refractivity contribution in [3.05, 3.63) is 24.0 Å². The van der Waals surface area contributed by atoms with Crippen LogP contribution in [0.1, 0.15) is 52.2 Å². The molecule has 0 aromatic carbocycles. The summed E-state index contributed by atoms with van der Waals surface area (Å²) in [5.74, 6) is 1.01. The summed E-state index contributed by atoms with van der Waals surface area (Å²) >= 11 is 0. The maximum absolute atomic E-state index is 13.4. The van der Waals surface area contributed by atoms with Crippen LogP contribution >= 0.6 is 0 Å². The minimum absolute atomic E-state index is 0.00385. The number of rotatable bonds is 5. The fourth-order valence-corrected chi connectivity index (χ4v) is 4.11. The zero-order valence-electron chi connectivity index (χ0n) is 19.2. The quantitative estimate of drug-likeness (QED) is 0.671. The standard InChI is InChI=1S/C23H31F2N5O3/c1-23(2,3)33-22(31)30-7-4-5-15(12-30)27-19-10-17-14(11-26-19)9-18(20(24)25)29-21(17)28-16-6-8-32-13-16/h9-11,15-16,20H,4-8,12-13H2,1-3H3,(H,26,27)(H,28,29)/t15-,16+/m0/s1. The van der Waals surface area contributed by atoms with Gasteiger partial charge in [0, 0.05) is 42.7 Å². The van der Waals surface area contributed by atoms with Crippen molar-refractivity contribution >= 4 is 28.5 Å². The lowest BCUT2D eigenvalue weighted by Crippen LogP contribution is -2.47. The Kier molecular flexibility index (Phi) is 6.83. The first-order valence-electron chi connectivity index (χ1n) is 11.4. The molecule has 180 valence electrons. The average molecular weight is 464 g/mol. The van der Waals surface area contributed by atoms with E-state index in [1.807, 2.05) is 26.8 Å². The van der Waals surface area contributed by atoms with Gasteiger partial charge in [0.05, 0.1) is 12.6 Å². The summed E-state index contributed by atoms with van der Waals surface area (Å²) in [4.78, 5) is 22.8. The van der Waals surface area contributed by atoms with Crippen LogP contribution < -0.4 is 10.6 Å². The van der Waals surface area contributed by atoms with Gasteiger partial charge in [0.25, 0.3) is 6.43 Å². The molecule has 2 aliphatic heterocycles. The first-order valence-corrected chi connectivity index (χ1v) is 11.4. The van der Waals surface area contributed by atoms with Crippen LogP contribution in [0.5, 0.6) is 0 Å². The van der Waals surface area contributed by atoms with Crippen LogP contribution in [-0.4, -0.2) is 64.9 Å². The number of likely N-dealkylation sites (tertiary alicyclic amines) is 1. The maximum Gasteiger partial charge on any atom is 0.410 e. The molecule has 2 N–H and O–H groups in total. The second kappa shape index (κ2) is 9.62. The van der Waals surface area contributed by atoms with Crippen LogP contribution in [0.15, 0.2) is 18.3 Å². The molecule has 33 heavy (non-hydrogen) atoms. The Labute approximate surface area is 192 Å². The molecule has 1 amide bonds. The van der Waals surface area contributed by atoms with Gasteiger partial charge in [0.1, 0.15) is 22.9 Å². The third kappa shape index (κ3) is 5.98. The van der Waals surface area contributed by atoms with Gasteiger partial charge < -0.3 is 25.0 Å². The third-order valence-electron chi connectivity index (χ3n) is 5.65. The molecule has 2 aromatic heterocycles. The summed E-state index contributed by atoms with van der Waals surface area (Å²) in [6.07, 6.45) is 1.10. The van der Waals surface area contributed by atoms with E-state index in [1.165, 1.54) is 6.07 Å². The van der Waals surface area contributed by atoms with E-state index in [0.29, 0.717) is 48.7 Å². The highest BCUT2D eigenvalue weighted by Gasteiger charge is 2.28. The van der Waals surface area contributed by atoms with Crippen molar-refractivity contribution in [3.63, 3.8) is 0 Å². The van der Waals surface area contributed by atoms with Gasteiger partial charge in [-0.05, 0) is 52.2 Å². The molecule has 2 aromatic rings. The minimum Gasteiger partial charge on any atom is -0.444 e. The molecule has 8 nitrogen and oxygen atoms in total. The molecule has 4 heterocycles. The molecule has 0 unspecified atom stereocenters. The second-order valence-electron chi connectivity index (χ2n) is 9.60. The van der Waals surface area contributed by atoms with Gasteiger partial charge in [0.2, 0.25) is 0 Å². The van der Waals surface area contributed by atoms with Gasteiger partial charge in [-0.2, -0.15) is 0 Å². The minimum atomic E-state index is -2.67. The summed E-state index contributed by atoms with van der Waals surface area (Å²) in [5, 5.41) is 7.95. The normalized spacial score (nSPS) is 21.5. The Balaban J connectivity index is 1.53. The van der Waals surface area contributed by atoms with Crippen LogP contribution in [0.2, 0.25) is 0 Å². The smallest absolute Gasteiger partial charge is 0.410 e. The van der Waals surface area contributed by atoms with E-state index in [1.54, 1.807) is 11.1 Å². The maximum atomic E-state index is 13.4. The predicted octanol–water partition coefficient (Wildman–Crippen LogP) is 4.58. The fraction of sp³-hybridized carbons (Fsp3) is 0.609. The number of nitrogens with zero attached hydrogens (tertiary/aromatic N) is 3. The molecule has 10 heteroatoms. The highest BCUT2D eigenvalue weighted by atomic mass is 19.3. The van der Waals surface area contributed by atoms with Crippen LogP contribution in [0.4, 0.5) is 25.2 Å². The van der Waals surface area contributed by atoms with E-state index in [-0.39, 0.29) is 23.9 Å². The first kappa shape index (κ1) is 23.4. The van der Waals surface area contributed by atoms with E-state index in [0.717, 1.165) is 19.3 Å². The number of alkyl halides is 2. The van der Waals surface area contributed by atoms with E-state index >= 15 is 0 Å². The topological polar surface area (TPSA) is 88.6 Å². The van der Waals surface area contributed by atoms with E-state index in [9.17, 15) is 13.6 Å². The molecule has 2 atom stereocenters. The Morgan fingerprint density at radius 2 is 2.06 bits per heavy atom. The van der Waals surface area contributed by atoms with Crippen LogP contribution in [0.25, 0.3) is 10.8 Å². The van der Waals surface area contributed by atoms with Crippen molar-refractivity contribution in [2.45, 2.75) is 64.1 Å². The van der Waals surface area contributed by atoms with Crippen LogP contribution in [0.3, 0.4) is 0 Å². The van der Waals surface area contributed by atoms with Gasteiger partial charge in [-0.1, -0.05) is 0 Å². The van der Waals surface area contributed by atoms with Crippen molar-refractivity contribution in [2.24, 2.45) is 0 Å². The van der Waals surface area contributed by atoms with Crippen molar-refractivity contribution < 1.29 is 23.0 Å². The zero-order chi connectivity index (χ0) is 23.6. The van der Waals surface area contributed by atoms with Crippen molar-refractivity contribution in [3.8, 4) is 0 Å². The molecule has 0 aliphatic carbocycles. The zero-order valence-corrected chi connectivity index (χ0v) is 19.2. The van der Waals surface area contributed by atoms with E-state index in [2.05, 4.69) is 20.6 Å². The summed E-state index contributed by atoms with van der Waals surface area (Å²) in [5.41, 5.74) is -0.832. The second-order valence-corrected chi connectivity index (χ2v) is 9.60. The number of piperidine rings is 1. The fourth-order valence-electron chi connectivity index (χ4n) is 4.11. The SMILES string of the molecule is CC(C)(C)OC(=O)N1CCC[C@H](Nc2cc3c(N[C@@H]4CCOC4)nc(C(F)F)cc3cn2)C1. The first-order chi connectivity index (χ1) is 15.7. The monoisotopic (exact) mass is 463 g/mol. The lowest BCUT2D eigenvalue weighted by molar-refractivity contribution is 0.0206. The Bertz CT molecular complexity index is 992. The molecule has 0 bridgehead atoms. The molecule has 2 saturated heterocycles. The highest BCUT2D eigenvalue weighted by molar-refractivity contribution is 5.93. The van der Waals surface area contributed by atoms with Gasteiger partial charge in [-0.3, -0.25) is 0 Å². The van der Waals surface area contributed by atoms with Crippen molar-refractivity contribution in [2.75, 3.05) is 36.9 Å². The lowest BCUT2D eigenvalue weighted by Gasteiger charge is -2.34. The Morgan fingerprint density at radius 1 is 1.24 bits per heavy atom. The number of amides is 1. The van der Waals surface area contributed by atoms with Gasteiger partial charge in [0.15, 0.2) is 0 Å². The van der Waals surface area contributed by atoms with E-state index in [4.69, 9.17) is 9.47 Å². The lowest BCUT2D eigenvalue weighted by atomic mass is 10.1. The number of ether oxygens (including phenoxy) is 2. The number of carbonyl (C=O) groups is 1. The van der Waals surface area contributed by atoms with E-state index < -0.39 is 12.0 Å². The third-order valence-corrected chi connectivity index (χ3v) is 5.65. The Morgan fingerprint density at radius 3 is 2.76 bits per heavy atom. The number of pyridine rings is 2. The number of anilines is 2. The molecule has 0 radical (unpaired) electrons. The number of hydrogen-bond donors (Lipinski definition) is 2. The average Bonchev–Trinajstić information content (AvgIpc) is 3.26. The van der Waals surface area contributed by atoms with Gasteiger partial charge >= 0.3 is 6.09 Å². The molecule has 2 fully saturated rings. The number of nitrogens with one attached hydrogen (secondary N) is 2. The number of aromatic nitrogens is 2. The molecule has 2 aliphatic rings.